The van der Waals surface area contributed by atoms with Crippen molar-refractivity contribution in [3.8, 4) is 11.4 Å². The quantitative estimate of drug-likeness (QED) is 0.361. The maximum atomic E-state index is 13.4. The molecule has 2 aromatic heterocycles. The van der Waals surface area contributed by atoms with Crippen LogP contribution in [0.3, 0.4) is 0 Å². The topological polar surface area (TPSA) is 90.2 Å². The molecule has 0 aliphatic carbocycles. The third-order valence-electron chi connectivity index (χ3n) is 6.29. The molecule has 0 spiro atoms. The van der Waals surface area contributed by atoms with Crippen molar-refractivity contribution in [2.45, 2.75) is 33.5 Å². The molecule has 0 saturated heterocycles. The first kappa shape index (κ1) is 24.4. The van der Waals surface area contributed by atoms with E-state index in [1.54, 1.807) is 30.9 Å². The number of aryl methyl sites for hydroxylation is 1. The molecule has 37 heavy (non-hydrogen) atoms. The Morgan fingerprint density at radius 2 is 1.89 bits per heavy atom. The Labute approximate surface area is 209 Å². The molecule has 11 heteroatoms. The molecule has 0 atom stereocenters. The van der Waals surface area contributed by atoms with Crippen molar-refractivity contribution >= 4 is 28.5 Å². The highest BCUT2D eigenvalue weighted by Crippen LogP contribution is 2.33. The van der Waals surface area contributed by atoms with E-state index in [1.165, 1.54) is 16.9 Å². The molecule has 3 heterocycles. The lowest BCUT2D eigenvalue weighted by atomic mass is 10.1. The summed E-state index contributed by atoms with van der Waals surface area (Å²) in [5.41, 5.74) is 2.73. The van der Waals surface area contributed by atoms with Crippen molar-refractivity contribution in [1.82, 2.24) is 19.7 Å². The van der Waals surface area contributed by atoms with E-state index in [2.05, 4.69) is 15.1 Å². The fourth-order valence-electron chi connectivity index (χ4n) is 4.48. The summed E-state index contributed by atoms with van der Waals surface area (Å²) in [4.78, 5) is 35.9. The molecular weight excluding hydrogens is 487 g/mol. The molecule has 1 aliphatic heterocycles. The molecule has 2 aromatic carbocycles. The number of fused-ring (bicyclic) bond motifs is 2. The second-order valence-electron chi connectivity index (χ2n) is 8.69. The predicted molar refractivity (Wildman–Crippen MR) is 129 cm³/mol. The summed E-state index contributed by atoms with van der Waals surface area (Å²) in [5.74, 6) is -0.475. The van der Waals surface area contributed by atoms with E-state index < -0.39 is 17.7 Å². The van der Waals surface area contributed by atoms with Gasteiger partial charge in [-0.25, -0.2) is 14.8 Å². The van der Waals surface area contributed by atoms with Crippen LogP contribution in [0.4, 0.5) is 18.9 Å². The smallest absolute Gasteiger partial charge is 0.416 e. The van der Waals surface area contributed by atoms with Crippen molar-refractivity contribution in [3.05, 3.63) is 70.7 Å². The van der Waals surface area contributed by atoms with Crippen LogP contribution in [0.15, 0.2) is 42.6 Å². The predicted octanol–water partition coefficient (Wildman–Crippen LogP) is 4.97. The number of hydrogen-bond acceptors (Lipinski definition) is 6. The standard InChI is InChI=1S/C26H22F3N5O3/c1-4-37-25(36)21-15(3)22-24(35)33(9-10-34(22)32-21)20-8-5-16(11-14(20)2)23-30-13-17-12-18(26(27,28)29)6-7-19(17)31-23/h5-8,11-13H,4,9-10H2,1-3H3. The van der Waals surface area contributed by atoms with Crippen LogP contribution < -0.4 is 4.90 Å². The van der Waals surface area contributed by atoms with Gasteiger partial charge < -0.3 is 9.64 Å². The fourth-order valence-corrected chi connectivity index (χ4v) is 4.48. The molecule has 0 saturated carbocycles. The van der Waals surface area contributed by atoms with Crippen LogP contribution in [-0.2, 0) is 17.5 Å². The lowest BCUT2D eigenvalue weighted by Gasteiger charge is -2.29. The minimum absolute atomic E-state index is 0.134. The Morgan fingerprint density at radius 3 is 2.59 bits per heavy atom. The Hall–Kier alpha value is -4.28. The van der Waals surface area contributed by atoms with Gasteiger partial charge in [0, 0.05) is 34.9 Å². The molecule has 0 unspecified atom stereocenters. The second kappa shape index (κ2) is 8.99. The van der Waals surface area contributed by atoms with Crippen LogP contribution in [0.2, 0.25) is 0 Å². The number of benzene rings is 2. The average Bonchev–Trinajstić information content (AvgIpc) is 3.20. The van der Waals surface area contributed by atoms with E-state index in [9.17, 15) is 22.8 Å². The van der Waals surface area contributed by atoms with Gasteiger partial charge in [0.05, 0.1) is 24.2 Å². The number of halogens is 3. The molecule has 4 aromatic rings. The lowest BCUT2D eigenvalue weighted by molar-refractivity contribution is -0.137. The highest BCUT2D eigenvalue weighted by atomic mass is 19.4. The molecule has 8 nitrogen and oxygen atoms in total. The zero-order chi connectivity index (χ0) is 26.5. The van der Waals surface area contributed by atoms with E-state index in [1.807, 2.05) is 13.0 Å². The van der Waals surface area contributed by atoms with Crippen molar-refractivity contribution in [2.75, 3.05) is 18.1 Å². The largest absolute Gasteiger partial charge is 0.461 e. The lowest BCUT2D eigenvalue weighted by Crippen LogP contribution is -2.41. The van der Waals surface area contributed by atoms with Gasteiger partial charge in [0.2, 0.25) is 0 Å². The second-order valence-corrected chi connectivity index (χ2v) is 8.69. The summed E-state index contributed by atoms with van der Waals surface area (Å²) >= 11 is 0. The number of amides is 1. The minimum Gasteiger partial charge on any atom is -0.461 e. The van der Waals surface area contributed by atoms with E-state index in [-0.39, 0.29) is 18.2 Å². The Balaban J connectivity index is 1.44. The van der Waals surface area contributed by atoms with Gasteiger partial charge in [-0.2, -0.15) is 18.3 Å². The van der Waals surface area contributed by atoms with Gasteiger partial charge in [0.25, 0.3) is 5.91 Å². The first-order valence-corrected chi connectivity index (χ1v) is 11.6. The third-order valence-corrected chi connectivity index (χ3v) is 6.29. The molecule has 0 bridgehead atoms. The van der Waals surface area contributed by atoms with E-state index in [4.69, 9.17) is 4.74 Å². The molecule has 1 aliphatic rings. The molecule has 0 radical (unpaired) electrons. The third kappa shape index (κ3) is 4.30. The average molecular weight is 509 g/mol. The molecule has 0 N–H and O–H groups in total. The number of hydrogen-bond donors (Lipinski definition) is 0. The van der Waals surface area contributed by atoms with E-state index in [0.717, 1.165) is 17.7 Å². The number of anilines is 1. The number of ether oxygens (including phenoxy) is 1. The van der Waals surface area contributed by atoms with Crippen molar-refractivity contribution in [1.29, 1.82) is 0 Å². The Kier molecular flexibility index (Phi) is 5.93. The van der Waals surface area contributed by atoms with E-state index in [0.29, 0.717) is 52.3 Å². The highest BCUT2D eigenvalue weighted by molar-refractivity contribution is 6.08. The van der Waals surface area contributed by atoms with Crippen LogP contribution in [0.1, 0.15) is 44.6 Å². The van der Waals surface area contributed by atoms with Crippen molar-refractivity contribution in [2.24, 2.45) is 0 Å². The fraction of sp³-hybridized carbons (Fsp3) is 0.269. The van der Waals surface area contributed by atoms with Crippen LogP contribution in [0, 0.1) is 13.8 Å². The Bertz CT molecular complexity index is 1560. The van der Waals surface area contributed by atoms with Crippen molar-refractivity contribution in [3.63, 3.8) is 0 Å². The summed E-state index contributed by atoms with van der Waals surface area (Å²) < 4.78 is 45.6. The molecule has 190 valence electrons. The van der Waals surface area contributed by atoms with Crippen LogP contribution >= 0.6 is 0 Å². The zero-order valence-electron chi connectivity index (χ0n) is 20.3. The highest BCUT2D eigenvalue weighted by Gasteiger charge is 2.33. The number of esters is 1. The first-order chi connectivity index (χ1) is 17.6. The van der Waals surface area contributed by atoms with Crippen LogP contribution in [0.5, 0.6) is 0 Å². The van der Waals surface area contributed by atoms with Gasteiger partial charge in [0.1, 0.15) is 5.69 Å². The summed E-state index contributed by atoms with van der Waals surface area (Å²) in [6.07, 6.45) is -3.07. The number of aromatic nitrogens is 4. The van der Waals surface area contributed by atoms with Crippen LogP contribution in [-0.4, -0.2) is 44.8 Å². The normalized spacial score (nSPS) is 13.7. The zero-order valence-corrected chi connectivity index (χ0v) is 20.3. The van der Waals surface area contributed by atoms with Gasteiger partial charge in [-0.1, -0.05) is 0 Å². The van der Waals surface area contributed by atoms with Gasteiger partial charge in [-0.15, -0.1) is 0 Å². The molecule has 0 fully saturated rings. The van der Waals surface area contributed by atoms with Crippen molar-refractivity contribution < 1.29 is 27.5 Å². The summed E-state index contributed by atoms with van der Waals surface area (Å²) in [6.45, 7) is 6.22. The number of alkyl halides is 3. The summed E-state index contributed by atoms with van der Waals surface area (Å²) in [5, 5.41) is 4.57. The molecule has 5 rings (SSSR count). The Morgan fingerprint density at radius 1 is 1.11 bits per heavy atom. The van der Waals surface area contributed by atoms with Gasteiger partial charge in [0.15, 0.2) is 11.5 Å². The number of carbonyl (C=O) groups excluding carboxylic acids is 2. The van der Waals surface area contributed by atoms with Gasteiger partial charge in [-0.3, -0.25) is 9.48 Å². The molecular formula is C26H22F3N5O3. The van der Waals surface area contributed by atoms with Crippen LogP contribution in [0.25, 0.3) is 22.3 Å². The monoisotopic (exact) mass is 509 g/mol. The number of nitrogens with zero attached hydrogens (tertiary/aromatic N) is 5. The summed E-state index contributed by atoms with van der Waals surface area (Å²) in [7, 11) is 0. The summed E-state index contributed by atoms with van der Waals surface area (Å²) in [6, 6.07) is 8.73. The maximum absolute atomic E-state index is 13.4. The SMILES string of the molecule is CCOC(=O)c1nn2c(c1C)C(=O)N(c1ccc(-c3ncc4cc(C(F)(F)F)ccc4n3)cc1C)CC2. The number of carbonyl (C=O) groups is 2. The van der Waals surface area contributed by atoms with E-state index >= 15 is 0 Å². The number of rotatable bonds is 4. The first-order valence-electron chi connectivity index (χ1n) is 11.6. The maximum Gasteiger partial charge on any atom is 0.416 e. The minimum atomic E-state index is -4.44. The van der Waals surface area contributed by atoms with Gasteiger partial charge in [-0.05, 0) is 62.7 Å². The van der Waals surface area contributed by atoms with Gasteiger partial charge >= 0.3 is 12.1 Å². The molecule has 1 amide bonds.